The number of aryl methyl sites for hydroxylation is 1. The maximum Gasteiger partial charge on any atom is 0.240 e. The molecule has 42 heavy (non-hydrogen) atoms. The summed E-state index contributed by atoms with van der Waals surface area (Å²) in [6.07, 6.45) is 1.56. The van der Waals surface area contributed by atoms with Gasteiger partial charge in [0.15, 0.2) is 0 Å². The summed E-state index contributed by atoms with van der Waals surface area (Å²) in [5, 5.41) is 8.43. The number of benzene rings is 3. The molecule has 0 bridgehead atoms. The summed E-state index contributed by atoms with van der Waals surface area (Å²) in [5.74, 6) is 0.917. The maximum atomic E-state index is 13.9. The van der Waals surface area contributed by atoms with E-state index < -0.39 is 0 Å². The number of aromatic nitrogens is 2. The van der Waals surface area contributed by atoms with E-state index in [1.165, 1.54) is 11.8 Å². The second kappa shape index (κ2) is 11.9. The molecule has 5 aromatic rings. The number of thioether (sulfide) groups is 1. The minimum atomic E-state index is -0.299. The molecule has 2 aromatic heterocycles. The van der Waals surface area contributed by atoms with Crippen molar-refractivity contribution in [3.63, 3.8) is 0 Å². The number of rotatable bonds is 7. The molecule has 0 saturated heterocycles. The van der Waals surface area contributed by atoms with Crippen molar-refractivity contribution in [1.29, 1.82) is 0 Å². The average Bonchev–Trinajstić information content (AvgIpc) is 3.63. The summed E-state index contributed by atoms with van der Waals surface area (Å²) in [6.45, 7) is 4.16. The van der Waals surface area contributed by atoms with Gasteiger partial charge in [-0.3, -0.25) is 14.5 Å². The van der Waals surface area contributed by atoms with E-state index in [4.69, 9.17) is 21.1 Å². The number of anilines is 1. The molecule has 0 unspecified atom stereocenters. The van der Waals surface area contributed by atoms with Crippen molar-refractivity contribution in [2.75, 3.05) is 17.2 Å². The highest BCUT2D eigenvalue weighted by Crippen LogP contribution is 2.49. The van der Waals surface area contributed by atoms with Gasteiger partial charge < -0.3 is 9.73 Å². The topological polar surface area (TPSA) is 80.4 Å². The quantitative estimate of drug-likeness (QED) is 0.221. The molecule has 212 valence electrons. The van der Waals surface area contributed by atoms with Crippen LogP contribution in [-0.4, -0.2) is 33.9 Å². The minimum absolute atomic E-state index is 0.167. The number of hydrogen-bond donors (Lipinski definition) is 1. The summed E-state index contributed by atoms with van der Waals surface area (Å²) in [6, 6.07) is 27.3. The largest absolute Gasteiger partial charge is 0.467 e. The summed E-state index contributed by atoms with van der Waals surface area (Å²) < 4.78 is 7.21. The van der Waals surface area contributed by atoms with Crippen LogP contribution in [0.5, 0.6) is 0 Å². The summed E-state index contributed by atoms with van der Waals surface area (Å²) >= 11 is 7.98. The first-order chi connectivity index (χ1) is 20.4. The smallest absolute Gasteiger partial charge is 0.240 e. The zero-order valence-corrected chi connectivity index (χ0v) is 24.8. The van der Waals surface area contributed by atoms with Crippen LogP contribution in [0.1, 0.15) is 33.3 Å². The van der Waals surface area contributed by atoms with Gasteiger partial charge in [-0.05, 0) is 60.9 Å². The normalized spacial score (nSPS) is 14.9. The van der Waals surface area contributed by atoms with Crippen LogP contribution in [0.15, 0.2) is 95.6 Å². The highest BCUT2D eigenvalue weighted by molar-refractivity contribution is 8.00. The lowest BCUT2D eigenvalue weighted by molar-refractivity contribution is -0.123. The number of halogens is 1. The minimum Gasteiger partial charge on any atom is -0.467 e. The van der Waals surface area contributed by atoms with E-state index in [1.807, 2.05) is 78.3 Å². The lowest BCUT2D eigenvalue weighted by Gasteiger charge is -2.24. The third-order valence-corrected chi connectivity index (χ3v) is 8.92. The number of amides is 2. The SMILES string of the molecule is Cc1cccc(-n2nc(-c3ccccc3)c3c2N(CC(=O)NCc2ccco2)C(=O)CS[C@@H]3c2cccc(Cl)c2)c1C. The molecule has 1 aliphatic rings. The molecule has 3 aromatic carbocycles. The van der Waals surface area contributed by atoms with Gasteiger partial charge in [0.1, 0.15) is 18.1 Å². The van der Waals surface area contributed by atoms with Crippen LogP contribution in [0, 0.1) is 13.8 Å². The van der Waals surface area contributed by atoms with Crippen LogP contribution < -0.4 is 10.2 Å². The number of fused-ring (bicyclic) bond motifs is 1. The number of carbonyl (C=O) groups is 2. The van der Waals surface area contributed by atoms with Crippen LogP contribution in [0.4, 0.5) is 5.82 Å². The van der Waals surface area contributed by atoms with Crippen LogP contribution in [0.3, 0.4) is 0 Å². The zero-order chi connectivity index (χ0) is 29.2. The maximum absolute atomic E-state index is 13.9. The Morgan fingerprint density at radius 3 is 2.62 bits per heavy atom. The Labute approximate surface area is 253 Å². The predicted molar refractivity (Wildman–Crippen MR) is 167 cm³/mol. The summed E-state index contributed by atoms with van der Waals surface area (Å²) in [5.41, 5.74) is 6.47. The first-order valence-corrected chi connectivity index (χ1v) is 15.0. The molecule has 7 nitrogen and oxygen atoms in total. The molecule has 6 rings (SSSR count). The second-order valence-corrected chi connectivity index (χ2v) is 11.7. The molecule has 0 radical (unpaired) electrons. The van der Waals surface area contributed by atoms with Crippen LogP contribution in [0.25, 0.3) is 16.9 Å². The number of hydrogen-bond acceptors (Lipinski definition) is 5. The van der Waals surface area contributed by atoms with Crippen molar-refractivity contribution in [1.82, 2.24) is 15.1 Å². The van der Waals surface area contributed by atoms with E-state index in [2.05, 4.69) is 18.3 Å². The van der Waals surface area contributed by atoms with Crippen molar-refractivity contribution >= 4 is 41.0 Å². The van der Waals surface area contributed by atoms with E-state index in [0.29, 0.717) is 16.6 Å². The molecule has 0 spiro atoms. The monoisotopic (exact) mass is 596 g/mol. The molecule has 0 saturated carbocycles. The fourth-order valence-electron chi connectivity index (χ4n) is 5.19. The molecule has 1 aliphatic heterocycles. The van der Waals surface area contributed by atoms with Crippen molar-refractivity contribution in [3.05, 3.63) is 124 Å². The van der Waals surface area contributed by atoms with E-state index in [9.17, 15) is 9.59 Å². The van der Waals surface area contributed by atoms with Crippen LogP contribution in [-0.2, 0) is 16.1 Å². The fraction of sp³-hybridized carbons (Fsp3) is 0.182. The molecule has 0 fully saturated rings. The molecular formula is C33H29ClN4O3S. The Morgan fingerprint density at radius 1 is 1.05 bits per heavy atom. The third-order valence-electron chi connectivity index (χ3n) is 7.43. The Bertz CT molecular complexity index is 1750. The predicted octanol–water partition coefficient (Wildman–Crippen LogP) is 6.89. The Morgan fingerprint density at radius 2 is 1.86 bits per heavy atom. The third kappa shape index (κ3) is 5.47. The number of carbonyl (C=O) groups excluding carboxylic acids is 2. The molecule has 1 atom stereocenters. The molecule has 2 amide bonds. The van der Waals surface area contributed by atoms with E-state index in [0.717, 1.165) is 39.2 Å². The fourth-order valence-corrected chi connectivity index (χ4v) is 6.58. The molecular weight excluding hydrogens is 568 g/mol. The Kier molecular flexibility index (Phi) is 7.91. The van der Waals surface area contributed by atoms with E-state index in [1.54, 1.807) is 23.3 Å². The first-order valence-electron chi connectivity index (χ1n) is 13.6. The molecule has 9 heteroatoms. The highest BCUT2D eigenvalue weighted by atomic mass is 35.5. The van der Waals surface area contributed by atoms with Gasteiger partial charge >= 0.3 is 0 Å². The molecule has 0 aliphatic carbocycles. The van der Waals surface area contributed by atoms with Gasteiger partial charge in [0.25, 0.3) is 0 Å². The highest BCUT2D eigenvalue weighted by Gasteiger charge is 2.38. The number of nitrogens with one attached hydrogen (secondary N) is 1. The van der Waals surface area contributed by atoms with Gasteiger partial charge in [0, 0.05) is 16.1 Å². The van der Waals surface area contributed by atoms with Crippen molar-refractivity contribution in [2.24, 2.45) is 0 Å². The van der Waals surface area contributed by atoms with Gasteiger partial charge in [0.2, 0.25) is 11.8 Å². The van der Waals surface area contributed by atoms with Gasteiger partial charge in [-0.2, -0.15) is 5.10 Å². The second-order valence-electron chi connectivity index (χ2n) is 10.2. The zero-order valence-electron chi connectivity index (χ0n) is 23.2. The van der Waals surface area contributed by atoms with Crippen molar-refractivity contribution in [3.8, 4) is 16.9 Å². The number of furan rings is 1. The van der Waals surface area contributed by atoms with Gasteiger partial charge in [-0.1, -0.05) is 66.2 Å². The summed E-state index contributed by atoms with van der Waals surface area (Å²) in [7, 11) is 0. The number of nitrogens with zero attached hydrogens (tertiary/aromatic N) is 3. The van der Waals surface area contributed by atoms with Gasteiger partial charge in [-0.15, -0.1) is 11.8 Å². The van der Waals surface area contributed by atoms with E-state index in [-0.39, 0.29) is 35.9 Å². The Hall–Kier alpha value is -4.27. The Balaban J connectivity index is 1.57. The first kappa shape index (κ1) is 27.9. The van der Waals surface area contributed by atoms with Crippen LogP contribution >= 0.6 is 23.4 Å². The van der Waals surface area contributed by atoms with Crippen LogP contribution in [0.2, 0.25) is 5.02 Å². The van der Waals surface area contributed by atoms with Crippen molar-refractivity contribution in [2.45, 2.75) is 25.6 Å². The molecule has 3 heterocycles. The van der Waals surface area contributed by atoms with E-state index >= 15 is 0 Å². The van der Waals surface area contributed by atoms with Gasteiger partial charge in [0.05, 0.1) is 35.2 Å². The molecule has 1 N–H and O–H groups in total. The summed E-state index contributed by atoms with van der Waals surface area (Å²) in [4.78, 5) is 28.8. The standard InChI is InChI=1S/C33H29ClN4O3S/c1-21-9-6-15-27(22(21)2)38-33-30(31(36-38)23-10-4-3-5-11-23)32(24-12-7-13-25(34)17-24)42-20-29(40)37(33)19-28(39)35-18-26-14-8-16-41-26/h3-17,32H,18-20H2,1-2H3,(H,35,39)/t32-/m1/s1. The lowest BCUT2D eigenvalue weighted by atomic mass is 9.99. The lowest BCUT2D eigenvalue weighted by Crippen LogP contribution is -2.42. The van der Waals surface area contributed by atoms with Gasteiger partial charge in [-0.25, -0.2) is 4.68 Å². The average molecular weight is 597 g/mol. The van der Waals surface area contributed by atoms with Crippen molar-refractivity contribution < 1.29 is 14.0 Å².